The normalized spacial score (nSPS) is 15.4. The maximum Gasteiger partial charge on any atom is 0.416 e. The van der Waals surface area contributed by atoms with E-state index in [1.807, 2.05) is 45.0 Å². The van der Waals surface area contributed by atoms with Crippen molar-refractivity contribution in [3.63, 3.8) is 0 Å². The lowest BCUT2D eigenvalue weighted by atomic mass is 10.1. The highest BCUT2D eigenvalue weighted by Crippen LogP contribution is 2.26. The minimum Gasteiger partial charge on any atom is -0.443 e. The molecule has 1 aliphatic rings. The Hall–Kier alpha value is -1.55. The number of hydrogen-bond acceptors (Lipinski definition) is 3. The molecule has 1 amide bonds. The second-order valence-corrected chi connectivity index (χ2v) is 5.01. The summed E-state index contributed by atoms with van der Waals surface area (Å²) in [5, 5.41) is 0. The van der Waals surface area contributed by atoms with Crippen molar-refractivity contribution in [1.82, 2.24) is 0 Å². The van der Waals surface area contributed by atoms with Crippen molar-refractivity contribution in [2.24, 2.45) is 0 Å². The van der Waals surface area contributed by atoms with Gasteiger partial charge in [-0.15, -0.1) is 0 Å². The molecule has 1 heterocycles. The summed E-state index contributed by atoms with van der Waals surface area (Å²) in [6.45, 7) is 6.33. The van der Waals surface area contributed by atoms with E-state index >= 15 is 0 Å². The van der Waals surface area contributed by atoms with E-state index in [0.29, 0.717) is 6.61 Å². The molecule has 0 bridgehead atoms. The largest absolute Gasteiger partial charge is 0.443 e. The highest BCUT2D eigenvalue weighted by molar-refractivity contribution is 5.89. The Balaban J connectivity index is 2.21. The molecule has 17 heavy (non-hydrogen) atoms. The molecule has 0 atom stereocenters. The molecule has 0 aliphatic carbocycles. The lowest BCUT2D eigenvalue weighted by Gasteiger charge is -2.31. The standard InChI is InChI=1S/C13H17NO3/c1-13(2,3)17-12(15)14-9-16-8-10-6-4-5-7-11(10)14/h4-7H,8-9H2,1-3H3. The lowest BCUT2D eigenvalue weighted by Crippen LogP contribution is -2.40. The average Bonchev–Trinajstić information content (AvgIpc) is 2.26. The number of ether oxygens (including phenoxy) is 2. The van der Waals surface area contributed by atoms with Crippen molar-refractivity contribution < 1.29 is 14.3 Å². The van der Waals surface area contributed by atoms with Crippen LogP contribution in [0.15, 0.2) is 24.3 Å². The topological polar surface area (TPSA) is 38.8 Å². The Morgan fingerprint density at radius 3 is 2.76 bits per heavy atom. The minimum absolute atomic E-state index is 0.242. The van der Waals surface area contributed by atoms with Crippen molar-refractivity contribution in [2.45, 2.75) is 33.0 Å². The van der Waals surface area contributed by atoms with Crippen LogP contribution in [0.4, 0.5) is 10.5 Å². The quantitative estimate of drug-likeness (QED) is 0.694. The SMILES string of the molecule is CC(C)(C)OC(=O)N1COCc2ccccc21. The van der Waals surface area contributed by atoms with E-state index in [9.17, 15) is 4.79 Å². The van der Waals surface area contributed by atoms with Gasteiger partial charge in [0.1, 0.15) is 12.3 Å². The second-order valence-electron chi connectivity index (χ2n) is 5.01. The summed E-state index contributed by atoms with van der Waals surface area (Å²) in [5.41, 5.74) is 1.38. The molecule has 4 heteroatoms. The molecular formula is C13H17NO3. The van der Waals surface area contributed by atoms with E-state index in [4.69, 9.17) is 9.47 Å². The van der Waals surface area contributed by atoms with Gasteiger partial charge in [-0.1, -0.05) is 18.2 Å². The number of fused-ring (bicyclic) bond motifs is 1. The van der Waals surface area contributed by atoms with Crippen molar-refractivity contribution in [3.05, 3.63) is 29.8 Å². The molecule has 0 spiro atoms. The maximum atomic E-state index is 12.0. The van der Waals surface area contributed by atoms with Crippen LogP contribution >= 0.6 is 0 Å². The first-order chi connectivity index (χ1) is 7.97. The number of amides is 1. The third-order valence-corrected chi connectivity index (χ3v) is 2.37. The van der Waals surface area contributed by atoms with Crippen LogP contribution in [0, 0.1) is 0 Å². The van der Waals surface area contributed by atoms with Crippen LogP contribution < -0.4 is 4.90 Å². The van der Waals surface area contributed by atoms with Gasteiger partial charge in [0.05, 0.1) is 12.3 Å². The molecule has 0 N–H and O–H groups in total. The number of benzene rings is 1. The summed E-state index contributed by atoms with van der Waals surface area (Å²) in [7, 11) is 0. The zero-order valence-corrected chi connectivity index (χ0v) is 10.4. The van der Waals surface area contributed by atoms with Gasteiger partial charge in [-0.05, 0) is 26.8 Å². The average molecular weight is 235 g/mol. The number of hydrogen-bond donors (Lipinski definition) is 0. The Morgan fingerprint density at radius 2 is 2.06 bits per heavy atom. The van der Waals surface area contributed by atoms with Gasteiger partial charge in [0, 0.05) is 5.56 Å². The Bertz CT molecular complexity index is 423. The number of para-hydroxylation sites is 1. The summed E-state index contributed by atoms with van der Waals surface area (Å²) in [6.07, 6.45) is -0.371. The van der Waals surface area contributed by atoms with E-state index in [1.54, 1.807) is 0 Å². The summed E-state index contributed by atoms with van der Waals surface area (Å²) in [4.78, 5) is 13.5. The summed E-state index contributed by atoms with van der Waals surface area (Å²) >= 11 is 0. The van der Waals surface area contributed by atoms with E-state index in [0.717, 1.165) is 11.3 Å². The van der Waals surface area contributed by atoms with Crippen molar-refractivity contribution in [2.75, 3.05) is 11.6 Å². The van der Waals surface area contributed by atoms with Crippen LogP contribution in [0.1, 0.15) is 26.3 Å². The van der Waals surface area contributed by atoms with Crippen molar-refractivity contribution >= 4 is 11.8 Å². The zero-order valence-electron chi connectivity index (χ0n) is 10.4. The van der Waals surface area contributed by atoms with Crippen LogP contribution in [-0.4, -0.2) is 18.4 Å². The molecule has 2 rings (SSSR count). The number of rotatable bonds is 0. The number of anilines is 1. The van der Waals surface area contributed by atoms with Crippen LogP contribution in [0.25, 0.3) is 0 Å². The fraction of sp³-hybridized carbons (Fsp3) is 0.462. The first kappa shape index (κ1) is 11.9. The molecule has 1 aromatic carbocycles. The van der Waals surface area contributed by atoms with Gasteiger partial charge in [-0.3, -0.25) is 4.90 Å². The van der Waals surface area contributed by atoms with Crippen LogP contribution in [0.2, 0.25) is 0 Å². The highest BCUT2D eigenvalue weighted by atomic mass is 16.6. The predicted molar refractivity (Wildman–Crippen MR) is 64.8 cm³/mol. The van der Waals surface area contributed by atoms with Gasteiger partial charge in [0.15, 0.2) is 0 Å². The van der Waals surface area contributed by atoms with Gasteiger partial charge in [0.25, 0.3) is 0 Å². The Kier molecular flexibility index (Phi) is 3.07. The second kappa shape index (κ2) is 4.37. The number of carbonyl (C=O) groups excluding carboxylic acids is 1. The fourth-order valence-electron chi connectivity index (χ4n) is 1.68. The molecule has 0 unspecified atom stereocenters. The smallest absolute Gasteiger partial charge is 0.416 e. The molecule has 0 radical (unpaired) electrons. The molecule has 0 saturated heterocycles. The van der Waals surface area contributed by atoms with Gasteiger partial charge >= 0.3 is 6.09 Å². The molecule has 4 nitrogen and oxygen atoms in total. The monoisotopic (exact) mass is 235 g/mol. The van der Waals surface area contributed by atoms with Gasteiger partial charge in [0.2, 0.25) is 0 Å². The Morgan fingerprint density at radius 1 is 1.35 bits per heavy atom. The van der Waals surface area contributed by atoms with E-state index in [1.165, 1.54) is 4.90 Å². The summed E-state index contributed by atoms with van der Waals surface area (Å²) < 4.78 is 10.7. The number of carbonyl (C=O) groups is 1. The Labute approximate surface area is 101 Å². The van der Waals surface area contributed by atoms with Crippen LogP contribution in [0.5, 0.6) is 0 Å². The van der Waals surface area contributed by atoms with Crippen molar-refractivity contribution in [1.29, 1.82) is 0 Å². The molecule has 0 saturated carbocycles. The summed E-state index contributed by atoms with van der Waals surface area (Å²) in [6, 6.07) is 7.69. The highest BCUT2D eigenvalue weighted by Gasteiger charge is 2.27. The lowest BCUT2D eigenvalue weighted by molar-refractivity contribution is 0.0445. The predicted octanol–water partition coefficient (Wildman–Crippen LogP) is 2.92. The molecule has 0 fully saturated rings. The van der Waals surface area contributed by atoms with E-state index in [2.05, 4.69) is 0 Å². The zero-order chi connectivity index (χ0) is 12.5. The van der Waals surface area contributed by atoms with Gasteiger partial charge < -0.3 is 9.47 Å². The molecule has 1 aromatic rings. The van der Waals surface area contributed by atoms with Crippen molar-refractivity contribution in [3.8, 4) is 0 Å². The maximum absolute atomic E-state index is 12.0. The third-order valence-electron chi connectivity index (χ3n) is 2.37. The molecular weight excluding hydrogens is 218 g/mol. The van der Waals surface area contributed by atoms with Gasteiger partial charge in [-0.25, -0.2) is 4.79 Å². The number of nitrogens with zero attached hydrogens (tertiary/aromatic N) is 1. The van der Waals surface area contributed by atoms with Crippen LogP contribution in [-0.2, 0) is 16.1 Å². The first-order valence-corrected chi connectivity index (χ1v) is 5.63. The fourth-order valence-corrected chi connectivity index (χ4v) is 1.68. The van der Waals surface area contributed by atoms with E-state index < -0.39 is 5.60 Å². The van der Waals surface area contributed by atoms with Crippen LogP contribution in [0.3, 0.4) is 0 Å². The summed E-state index contributed by atoms with van der Waals surface area (Å²) in [5.74, 6) is 0. The molecule has 0 aromatic heterocycles. The minimum atomic E-state index is -0.497. The molecule has 1 aliphatic heterocycles. The third kappa shape index (κ3) is 2.77. The van der Waals surface area contributed by atoms with Gasteiger partial charge in [-0.2, -0.15) is 0 Å². The molecule has 92 valence electrons. The van der Waals surface area contributed by atoms with E-state index in [-0.39, 0.29) is 12.8 Å². The first-order valence-electron chi connectivity index (χ1n) is 5.63.